The molecule has 0 spiro atoms. The third-order valence-electron chi connectivity index (χ3n) is 9.09. The number of fused-ring (bicyclic) bond motifs is 2. The first-order chi connectivity index (χ1) is 24.2. The molecule has 0 amide bonds. The fraction of sp³-hybridized carbons (Fsp3) is 0.286. The van der Waals surface area contributed by atoms with E-state index in [2.05, 4.69) is 10.3 Å². The van der Waals surface area contributed by atoms with E-state index >= 15 is 0 Å². The fourth-order valence-electron chi connectivity index (χ4n) is 6.51. The predicted octanol–water partition coefficient (Wildman–Crippen LogP) is 0.424. The summed E-state index contributed by atoms with van der Waals surface area (Å²) < 4.78 is 16.9. The summed E-state index contributed by atoms with van der Waals surface area (Å²) in [6.07, 6.45) is -6.02. The zero-order chi connectivity index (χ0) is 36.8. The van der Waals surface area contributed by atoms with E-state index in [4.69, 9.17) is 25.4 Å². The number of nitrogens with one attached hydrogen (secondary N) is 1. The van der Waals surface area contributed by atoms with Gasteiger partial charge in [-0.3, -0.25) is 9.79 Å². The first-order valence-electron chi connectivity index (χ1n) is 15.7. The highest BCUT2D eigenvalue weighted by Gasteiger charge is 2.58. The van der Waals surface area contributed by atoms with Crippen molar-refractivity contribution in [3.8, 4) is 34.3 Å². The topological polar surface area (TPSA) is 284 Å². The van der Waals surface area contributed by atoms with Crippen molar-refractivity contribution in [3.05, 3.63) is 81.5 Å². The number of aromatic hydroxyl groups is 3. The number of carbonyl (C=O) groups is 1. The molecular formula is C35H36N4O12. The molecule has 4 aromatic rings. The molecule has 0 bridgehead atoms. The van der Waals surface area contributed by atoms with Gasteiger partial charge in [0.2, 0.25) is 12.0 Å². The number of hydrogen-bond donors (Lipinski definition) is 10. The third kappa shape index (κ3) is 6.42. The van der Waals surface area contributed by atoms with Crippen molar-refractivity contribution in [2.75, 3.05) is 20.1 Å². The molecule has 51 heavy (non-hydrogen) atoms. The van der Waals surface area contributed by atoms with Gasteiger partial charge in [0.15, 0.2) is 29.0 Å². The second-order valence-corrected chi connectivity index (χ2v) is 12.4. The van der Waals surface area contributed by atoms with Crippen LogP contribution in [0.5, 0.6) is 23.0 Å². The molecule has 12 N–H and O–H groups in total. The Hall–Kier alpha value is -5.65. The Morgan fingerprint density at radius 1 is 1.04 bits per heavy atom. The van der Waals surface area contributed by atoms with Crippen LogP contribution in [-0.4, -0.2) is 98.0 Å². The second kappa shape index (κ2) is 13.6. The molecule has 1 aliphatic heterocycles. The number of aliphatic hydroxyl groups is 3. The normalized spacial score (nSPS) is 24.4. The summed E-state index contributed by atoms with van der Waals surface area (Å²) >= 11 is 0. The molecule has 6 atom stereocenters. The Balaban J connectivity index is 1.45. The standard InChI is InChI=1S/C35H36N4O12/c1-38-13-17-8-15-4-2-3-5-16(15)9-20(17)21-10-18(40)6-7-19(21)23-11-22(41)26-24(49-23)12-25(27(42)28(26)43)50-33-31(45)35(48,14-39-34(36)37)30(44)29(51-33)32(46)47/h2-7,9-12,17,29-31,33,38,40,42-45,48H,8,13-14H2,1H3,(H,46,47)(H4,36,37,39)/t17-,29+,30-,31+,33-,35+/m1/s1. The minimum atomic E-state index is -2.72. The lowest BCUT2D eigenvalue weighted by Gasteiger charge is -2.45. The fourth-order valence-corrected chi connectivity index (χ4v) is 6.51. The van der Waals surface area contributed by atoms with Crippen molar-refractivity contribution in [1.82, 2.24) is 5.32 Å². The summed E-state index contributed by atoms with van der Waals surface area (Å²) in [7, 11) is 1.83. The highest BCUT2D eigenvalue weighted by molar-refractivity contribution is 5.94. The average molecular weight is 705 g/mol. The van der Waals surface area contributed by atoms with Crippen LogP contribution in [0.15, 0.2) is 68.8 Å². The molecule has 2 heterocycles. The van der Waals surface area contributed by atoms with Gasteiger partial charge < -0.3 is 66.4 Å². The first-order valence-corrected chi connectivity index (χ1v) is 15.7. The van der Waals surface area contributed by atoms with E-state index in [1.165, 1.54) is 6.07 Å². The van der Waals surface area contributed by atoms with Gasteiger partial charge in [0, 0.05) is 30.2 Å². The minimum absolute atomic E-state index is 0.0242. The SMILES string of the molecule is CNC[C@H]1Cc2ccccc2C=C1c1cc(O)ccc1-c1cc(=O)c2c(O)c(O)c(O[C@@H]3O[C@H](C(=O)O)[C@@H](O)[C@@](O)(CN=C(N)N)[C@H]3O)cc2o1. The van der Waals surface area contributed by atoms with Crippen molar-refractivity contribution in [3.63, 3.8) is 0 Å². The summed E-state index contributed by atoms with van der Waals surface area (Å²) in [4.78, 5) is 29.0. The number of nitrogens with two attached hydrogens (primary N) is 2. The number of carboxylic acids is 1. The van der Waals surface area contributed by atoms with Gasteiger partial charge in [-0.15, -0.1) is 0 Å². The van der Waals surface area contributed by atoms with Crippen LogP contribution in [0, 0.1) is 5.92 Å². The van der Waals surface area contributed by atoms with Crippen molar-refractivity contribution < 1.29 is 54.4 Å². The number of aliphatic imine (C=N–C) groups is 1. The number of phenolic OH excluding ortho intramolecular Hbond substituents is 3. The molecule has 1 aromatic heterocycles. The number of carboxylic acid groups (broad SMARTS) is 1. The van der Waals surface area contributed by atoms with E-state index in [-0.39, 0.29) is 23.0 Å². The number of nitrogens with zero attached hydrogens (tertiary/aromatic N) is 1. The van der Waals surface area contributed by atoms with Crippen LogP contribution in [0.3, 0.4) is 0 Å². The summed E-state index contributed by atoms with van der Waals surface area (Å²) in [6, 6.07) is 14.6. The van der Waals surface area contributed by atoms with Crippen LogP contribution < -0.4 is 26.9 Å². The van der Waals surface area contributed by atoms with Crippen molar-refractivity contribution in [2.45, 2.75) is 36.6 Å². The lowest BCUT2D eigenvalue weighted by atomic mass is 9.79. The number of hydrogen-bond acceptors (Lipinski definition) is 13. The molecule has 16 nitrogen and oxygen atoms in total. The van der Waals surface area contributed by atoms with Gasteiger partial charge >= 0.3 is 5.97 Å². The summed E-state index contributed by atoms with van der Waals surface area (Å²) in [5.41, 5.74) is 10.9. The molecule has 6 rings (SSSR count). The monoisotopic (exact) mass is 704 g/mol. The molecule has 0 saturated carbocycles. The molecule has 1 fully saturated rings. The smallest absolute Gasteiger partial charge is 0.335 e. The molecular weight excluding hydrogens is 668 g/mol. The highest BCUT2D eigenvalue weighted by Crippen LogP contribution is 2.45. The van der Waals surface area contributed by atoms with Gasteiger partial charge in [-0.25, -0.2) is 4.79 Å². The van der Waals surface area contributed by atoms with Gasteiger partial charge in [-0.1, -0.05) is 30.3 Å². The lowest BCUT2D eigenvalue weighted by Crippen LogP contribution is -2.70. The van der Waals surface area contributed by atoms with E-state index in [9.17, 15) is 45.3 Å². The summed E-state index contributed by atoms with van der Waals surface area (Å²) in [5.74, 6) is -4.95. The molecule has 1 aliphatic carbocycles. The van der Waals surface area contributed by atoms with Crippen LogP contribution in [0.25, 0.3) is 33.9 Å². The number of guanidine groups is 1. The van der Waals surface area contributed by atoms with Crippen molar-refractivity contribution in [1.29, 1.82) is 0 Å². The van der Waals surface area contributed by atoms with Crippen LogP contribution in [0.1, 0.15) is 16.7 Å². The van der Waals surface area contributed by atoms with E-state index in [1.807, 2.05) is 37.4 Å². The molecule has 0 radical (unpaired) electrons. The van der Waals surface area contributed by atoms with E-state index in [0.29, 0.717) is 24.1 Å². The maximum Gasteiger partial charge on any atom is 0.335 e. The second-order valence-electron chi connectivity index (χ2n) is 12.4. The molecule has 16 heteroatoms. The summed E-state index contributed by atoms with van der Waals surface area (Å²) in [6.45, 7) is -0.273. The van der Waals surface area contributed by atoms with Crippen molar-refractivity contribution >= 4 is 34.5 Å². The lowest BCUT2D eigenvalue weighted by molar-refractivity contribution is -0.303. The van der Waals surface area contributed by atoms with Crippen LogP contribution in [-0.2, 0) is 16.0 Å². The molecule has 1 saturated heterocycles. The molecule has 3 aromatic carbocycles. The van der Waals surface area contributed by atoms with Crippen LogP contribution in [0.4, 0.5) is 0 Å². The molecule has 268 valence electrons. The Morgan fingerprint density at radius 3 is 2.49 bits per heavy atom. The Morgan fingerprint density at radius 2 is 1.78 bits per heavy atom. The minimum Gasteiger partial charge on any atom is -0.508 e. The van der Waals surface area contributed by atoms with Gasteiger partial charge in [0.1, 0.15) is 40.3 Å². The predicted molar refractivity (Wildman–Crippen MR) is 183 cm³/mol. The summed E-state index contributed by atoms with van der Waals surface area (Å²) in [5, 5.41) is 77.5. The zero-order valence-electron chi connectivity index (χ0n) is 27.1. The Bertz CT molecular complexity index is 2130. The van der Waals surface area contributed by atoms with Gasteiger partial charge in [0.25, 0.3) is 0 Å². The van der Waals surface area contributed by atoms with Gasteiger partial charge in [0.05, 0.1) is 6.54 Å². The number of benzene rings is 3. The highest BCUT2D eigenvalue weighted by atomic mass is 16.7. The van der Waals surface area contributed by atoms with E-state index < -0.39 is 76.7 Å². The van der Waals surface area contributed by atoms with Crippen molar-refractivity contribution in [2.24, 2.45) is 22.4 Å². The van der Waals surface area contributed by atoms with E-state index in [0.717, 1.165) is 28.8 Å². The average Bonchev–Trinajstić information content (AvgIpc) is 3.09. The van der Waals surface area contributed by atoms with Crippen LogP contribution in [0.2, 0.25) is 0 Å². The third-order valence-corrected chi connectivity index (χ3v) is 9.09. The van der Waals surface area contributed by atoms with Gasteiger partial charge in [-0.2, -0.15) is 0 Å². The number of aliphatic carboxylic acids is 1. The quantitative estimate of drug-likeness (QED) is 0.0642. The number of phenols is 3. The van der Waals surface area contributed by atoms with E-state index in [1.54, 1.807) is 12.1 Å². The first kappa shape index (κ1) is 35.2. The van der Waals surface area contributed by atoms with Gasteiger partial charge in [-0.05, 0) is 53.9 Å². The largest absolute Gasteiger partial charge is 0.508 e. The maximum atomic E-state index is 13.5. The number of aliphatic hydroxyl groups excluding tert-OH is 2. The Kier molecular flexibility index (Phi) is 9.37. The number of rotatable bonds is 9. The maximum absolute atomic E-state index is 13.5. The molecule has 2 aliphatic rings. The molecule has 0 unspecified atom stereocenters. The van der Waals surface area contributed by atoms with Crippen LogP contribution >= 0.6 is 0 Å². The zero-order valence-corrected chi connectivity index (χ0v) is 27.1. The Labute approximate surface area is 289 Å². The number of ether oxygens (including phenoxy) is 2.